The Kier molecular flexibility index (Phi) is 4.08. The molecule has 0 amide bonds. The minimum Gasteiger partial charge on any atom is -0.464 e. The molecule has 0 spiro atoms. The molecule has 4 aliphatic carbocycles. The minimum atomic E-state index is -0.0153. The van der Waals surface area contributed by atoms with Gasteiger partial charge in [-0.2, -0.15) is 0 Å². The molecule has 0 aromatic carbocycles. The fraction of sp³-hybridized carbons (Fsp3) is 0.933. The smallest absolute Gasteiger partial charge is 0.315 e. The van der Waals surface area contributed by atoms with Crippen molar-refractivity contribution in [3.63, 3.8) is 0 Å². The van der Waals surface area contributed by atoms with Gasteiger partial charge in [-0.3, -0.25) is 4.79 Å². The van der Waals surface area contributed by atoms with Gasteiger partial charge in [0.1, 0.15) is 6.61 Å². The maximum Gasteiger partial charge on any atom is 0.315 e. The zero-order valence-electron chi connectivity index (χ0n) is 12.0. The molecule has 4 bridgehead atoms. The molecular weight excluding hydrogens is 258 g/mol. The van der Waals surface area contributed by atoms with Crippen LogP contribution in [0.4, 0.5) is 0 Å². The normalized spacial score (nSPS) is 37.9. The molecule has 0 aliphatic heterocycles. The molecule has 5 atom stereocenters. The zero-order chi connectivity index (χ0) is 13.4. The molecule has 0 aromatic rings. The Balaban J connectivity index is 1.30. The van der Waals surface area contributed by atoms with Gasteiger partial charge in [0.2, 0.25) is 0 Å². The molecule has 3 nitrogen and oxygen atoms in total. The first-order valence-electron chi connectivity index (χ1n) is 7.74. The van der Waals surface area contributed by atoms with Crippen molar-refractivity contribution in [1.29, 1.82) is 0 Å². The number of hydrogen-bond donors (Lipinski definition) is 0. The Morgan fingerprint density at radius 3 is 2.47 bits per heavy atom. The van der Waals surface area contributed by atoms with Crippen LogP contribution in [-0.2, 0) is 9.53 Å². The molecule has 4 heteroatoms. The molecule has 0 saturated heterocycles. The van der Waals surface area contributed by atoms with Gasteiger partial charge >= 0.3 is 5.97 Å². The van der Waals surface area contributed by atoms with Crippen LogP contribution >= 0.6 is 11.8 Å². The van der Waals surface area contributed by atoms with Gasteiger partial charge in [-0.1, -0.05) is 13.8 Å². The van der Waals surface area contributed by atoms with Crippen molar-refractivity contribution in [3.8, 4) is 0 Å². The summed E-state index contributed by atoms with van der Waals surface area (Å²) in [5, 5.41) is 0.783. The predicted octanol–water partition coefficient (Wildman–Crippen LogP) is 2.26. The summed E-state index contributed by atoms with van der Waals surface area (Å²) in [7, 11) is 0. The lowest BCUT2D eigenvalue weighted by Crippen LogP contribution is -2.28. The van der Waals surface area contributed by atoms with Gasteiger partial charge in [0, 0.05) is 11.8 Å². The summed E-state index contributed by atoms with van der Waals surface area (Å²) in [6.45, 7) is 7.73. The molecule has 4 rings (SSSR count). The van der Waals surface area contributed by atoms with Crippen LogP contribution in [0.3, 0.4) is 0 Å². The molecule has 0 heterocycles. The lowest BCUT2D eigenvalue weighted by Gasteiger charge is -2.18. The van der Waals surface area contributed by atoms with E-state index in [1.54, 1.807) is 0 Å². The van der Waals surface area contributed by atoms with Crippen LogP contribution in [0.2, 0.25) is 0 Å². The van der Waals surface area contributed by atoms with Crippen LogP contribution < -0.4 is 0 Å². The second-order valence-corrected chi connectivity index (χ2v) is 7.33. The third-order valence-electron chi connectivity index (χ3n) is 5.35. The van der Waals surface area contributed by atoms with E-state index in [0.29, 0.717) is 12.4 Å². The molecule has 0 aromatic heterocycles. The third kappa shape index (κ3) is 2.66. The number of nitrogens with zero attached hydrogens (tertiary/aromatic N) is 1. The molecule has 2 unspecified atom stereocenters. The molecule has 0 N–H and O–H groups in total. The first-order valence-corrected chi connectivity index (χ1v) is 8.79. The molecule has 108 valence electrons. The van der Waals surface area contributed by atoms with Gasteiger partial charge in [-0.05, 0) is 49.6 Å². The highest BCUT2D eigenvalue weighted by Gasteiger charge is 2.68. The van der Waals surface area contributed by atoms with Gasteiger partial charge in [-0.25, -0.2) is 0 Å². The number of esters is 1. The van der Waals surface area contributed by atoms with Crippen molar-refractivity contribution in [2.45, 2.75) is 31.9 Å². The highest BCUT2D eigenvalue weighted by atomic mass is 32.2. The van der Waals surface area contributed by atoms with Crippen molar-refractivity contribution in [2.75, 3.05) is 32.0 Å². The van der Waals surface area contributed by atoms with Crippen LogP contribution in [-0.4, -0.2) is 48.1 Å². The highest BCUT2D eigenvalue weighted by Crippen LogP contribution is 2.73. The van der Waals surface area contributed by atoms with E-state index in [-0.39, 0.29) is 5.97 Å². The Labute approximate surface area is 120 Å². The van der Waals surface area contributed by atoms with Crippen LogP contribution in [0.5, 0.6) is 0 Å². The van der Waals surface area contributed by atoms with E-state index in [1.165, 1.54) is 12.8 Å². The van der Waals surface area contributed by atoms with Crippen molar-refractivity contribution in [1.82, 2.24) is 4.90 Å². The second-order valence-electron chi connectivity index (χ2n) is 6.16. The predicted molar refractivity (Wildman–Crippen MR) is 78.2 cm³/mol. The monoisotopic (exact) mass is 283 g/mol. The fourth-order valence-corrected chi connectivity index (χ4v) is 5.82. The Morgan fingerprint density at radius 1 is 1.26 bits per heavy atom. The van der Waals surface area contributed by atoms with Crippen molar-refractivity contribution < 1.29 is 9.53 Å². The van der Waals surface area contributed by atoms with Crippen LogP contribution in [0.1, 0.15) is 26.7 Å². The molecule has 4 aliphatic rings. The Morgan fingerprint density at radius 2 is 1.95 bits per heavy atom. The van der Waals surface area contributed by atoms with E-state index in [4.69, 9.17) is 4.74 Å². The lowest BCUT2D eigenvalue weighted by molar-refractivity contribution is -0.140. The van der Waals surface area contributed by atoms with Crippen molar-refractivity contribution in [2.24, 2.45) is 23.7 Å². The van der Waals surface area contributed by atoms with E-state index >= 15 is 0 Å². The van der Waals surface area contributed by atoms with Crippen LogP contribution in [0.25, 0.3) is 0 Å². The largest absolute Gasteiger partial charge is 0.464 e. The van der Waals surface area contributed by atoms with Gasteiger partial charge < -0.3 is 9.64 Å². The zero-order valence-corrected chi connectivity index (χ0v) is 12.8. The van der Waals surface area contributed by atoms with Crippen LogP contribution in [0.15, 0.2) is 0 Å². The van der Waals surface area contributed by atoms with Gasteiger partial charge in [0.05, 0.1) is 5.75 Å². The third-order valence-corrected chi connectivity index (χ3v) is 6.84. The van der Waals surface area contributed by atoms with Crippen LogP contribution in [0, 0.1) is 23.7 Å². The summed E-state index contributed by atoms with van der Waals surface area (Å²) >= 11 is 1.87. The SMILES string of the molecule is CCN(CC)CCOC(=O)CS[C@H]1C2C[C@@H]3C1[C@@H]3C2. The number of carbonyl (C=O) groups excluding carboxylic acids is 1. The summed E-state index contributed by atoms with van der Waals surface area (Å²) < 4.78 is 5.33. The number of rotatable bonds is 8. The summed E-state index contributed by atoms with van der Waals surface area (Å²) in [5.74, 6) is 4.53. The fourth-order valence-electron chi connectivity index (χ4n) is 4.29. The number of ether oxygens (including phenoxy) is 1. The molecule has 4 fully saturated rings. The minimum absolute atomic E-state index is 0.0153. The lowest BCUT2D eigenvalue weighted by atomic mass is 10.1. The van der Waals surface area contributed by atoms with Gasteiger partial charge in [0.25, 0.3) is 0 Å². The topological polar surface area (TPSA) is 29.5 Å². The first kappa shape index (κ1) is 13.7. The molecular formula is C15H25NO2S. The average Bonchev–Trinajstić information content (AvgIpc) is 2.80. The van der Waals surface area contributed by atoms with Gasteiger partial charge in [-0.15, -0.1) is 11.8 Å². The number of likely N-dealkylation sites (N-methyl/N-ethyl adjacent to an activating group) is 1. The summed E-state index contributed by atoms with van der Waals surface area (Å²) in [4.78, 5) is 14.0. The molecule has 0 radical (unpaired) electrons. The van der Waals surface area contributed by atoms with E-state index in [9.17, 15) is 4.79 Å². The van der Waals surface area contributed by atoms with Crippen molar-refractivity contribution >= 4 is 17.7 Å². The van der Waals surface area contributed by atoms with Gasteiger partial charge in [0.15, 0.2) is 0 Å². The average molecular weight is 283 g/mol. The van der Waals surface area contributed by atoms with E-state index in [1.807, 2.05) is 11.8 Å². The number of carbonyl (C=O) groups is 1. The summed E-state index contributed by atoms with van der Waals surface area (Å²) in [6.07, 6.45) is 2.90. The van der Waals surface area contributed by atoms with E-state index in [0.717, 1.165) is 48.6 Å². The Bertz CT molecular complexity index is 331. The van der Waals surface area contributed by atoms with Crippen molar-refractivity contribution in [3.05, 3.63) is 0 Å². The first-order chi connectivity index (χ1) is 9.24. The molecule has 4 saturated carbocycles. The summed E-state index contributed by atoms with van der Waals surface area (Å²) in [6, 6.07) is 0. The van der Waals surface area contributed by atoms with E-state index < -0.39 is 0 Å². The summed E-state index contributed by atoms with van der Waals surface area (Å²) in [5.41, 5.74) is 0. The maximum absolute atomic E-state index is 11.7. The standard InChI is InChI=1S/C15H25NO2S/c1-3-16(4-2)5-6-18-13(17)9-19-15-10-7-11-12(8-10)14(11)15/h10-12,14-15H,3-9H2,1-2H3/t10?,11-,12+,14?,15-/m0/s1. The maximum atomic E-state index is 11.7. The molecule has 19 heavy (non-hydrogen) atoms. The second kappa shape index (κ2) is 5.65. The number of thioether (sulfide) groups is 1. The Hall–Kier alpha value is -0.220. The number of hydrogen-bond acceptors (Lipinski definition) is 4. The van der Waals surface area contributed by atoms with E-state index in [2.05, 4.69) is 18.7 Å². The highest BCUT2D eigenvalue weighted by molar-refractivity contribution is 8.00. The quantitative estimate of drug-likeness (QED) is 0.639.